The summed E-state index contributed by atoms with van der Waals surface area (Å²) >= 11 is 0. The van der Waals surface area contributed by atoms with Crippen LogP contribution in [-0.4, -0.2) is 9.13 Å². The first-order valence-electron chi connectivity index (χ1n) is 18.8. The minimum atomic E-state index is -0.550. The van der Waals surface area contributed by atoms with Gasteiger partial charge < -0.3 is 9.13 Å². The molecule has 0 N–H and O–H groups in total. The molecule has 0 fully saturated rings. The molecule has 0 radical (unpaired) electrons. The number of rotatable bonds is 5. The lowest BCUT2D eigenvalue weighted by Gasteiger charge is -2.19. The molecule has 0 unspecified atom stereocenters. The summed E-state index contributed by atoms with van der Waals surface area (Å²) in [6.07, 6.45) is 0. The number of hydrogen-bond acceptors (Lipinski definition) is 3. The number of hydrogen-bond donors (Lipinski definition) is 0. The summed E-state index contributed by atoms with van der Waals surface area (Å²) in [5.41, 5.74) is 10.8. The number of halogens is 1. The van der Waals surface area contributed by atoms with E-state index in [0.29, 0.717) is 39.3 Å². The van der Waals surface area contributed by atoms with Crippen molar-refractivity contribution in [1.82, 2.24) is 9.13 Å². The highest BCUT2D eigenvalue weighted by Crippen LogP contribution is 2.42. The molecule has 0 aliphatic heterocycles. The molecule has 0 aliphatic rings. The van der Waals surface area contributed by atoms with Gasteiger partial charge in [-0.3, -0.25) is 0 Å². The Morgan fingerprint density at radius 3 is 1.53 bits per heavy atom. The summed E-state index contributed by atoms with van der Waals surface area (Å²) in [6.45, 7) is 7.55. The van der Waals surface area contributed by atoms with Crippen molar-refractivity contribution in [3.8, 4) is 63.0 Å². The van der Waals surface area contributed by atoms with Crippen molar-refractivity contribution in [2.75, 3.05) is 0 Å². The van der Waals surface area contributed by atoms with Gasteiger partial charge in [0.2, 0.25) is 0 Å². The third-order valence-electron chi connectivity index (χ3n) is 11.1. The summed E-state index contributed by atoms with van der Waals surface area (Å²) in [4.78, 5) is 3.63. The van der Waals surface area contributed by atoms with Crippen LogP contribution in [0.3, 0.4) is 0 Å². The van der Waals surface area contributed by atoms with Gasteiger partial charge in [-0.25, -0.2) is 9.24 Å². The van der Waals surface area contributed by atoms with E-state index in [1.54, 1.807) is 24.3 Å². The zero-order chi connectivity index (χ0) is 40.2. The van der Waals surface area contributed by atoms with Crippen LogP contribution in [0.15, 0.2) is 164 Å². The number of nitriles is 3. The lowest BCUT2D eigenvalue weighted by Crippen LogP contribution is -2.05. The Labute approximate surface area is 338 Å². The van der Waals surface area contributed by atoms with E-state index in [0.717, 1.165) is 65.9 Å². The van der Waals surface area contributed by atoms with Gasteiger partial charge in [0.15, 0.2) is 5.69 Å². The first-order chi connectivity index (χ1) is 29.0. The van der Waals surface area contributed by atoms with Gasteiger partial charge in [-0.15, -0.1) is 0 Å². The van der Waals surface area contributed by atoms with Crippen LogP contribution >= 0.6 is 0 Å². The molecule has 0 bridgehead atoms. The predicted molar refractivity (Wildman–Crippen MR) is 232 cm³/mol. The Balaban J connectivity index is 1.29. The van der Waals surface area contributed by atoms with Crippen molar-refractivity contribution >= 4 is 49.3 Å². The van der Waals surface area contributed by atoms with Crippen molar-refractivity contribution in [2.45, 2.75) is 0 Å². The number of aromatic nitrogens is 2. The van der Waals surface area contributed by atoms with Crippen LogP contribution in [0.5, 0.6) is 0 Å². The zero-order valence-electron chi connectivity index (χ0n) is 31.1. The van der Waals surface area contributed by atoms with E-state index in [9.17, 15) is 15.8 Å². The molecule has 0 saturated carbocycles. The first kappa shape index (κ1) is 34.7. The van der Waals surface area contributed by atoms with Crippen LogP contribution in [0.1, 0.15) is 16.7 Å². The van der Waals surface area contributed by atoms with Crippen LogP contribution in [0.25, 0.3) is 93.2 Å². The molecule has 7 heteroatoms. The molecule has 10 aromatic rings. The van der Waals surface area contributed by atoms with Gasteiger partial charge in [-0.1, -0.05) is 84.9 Å². The molecular weight excluding hydrogens is 728 g/mol. The summed E-state index contributed by atoms with van der Waals surface area (Å²) in [7, 11) is 0. The molecule has 272 valence electrons. The Kier molecular flexibility index (Phi) is 8.10. The van der Waals surface area contributed by atoms with Crippen LogP contribution in [-0.2, 0) is 0 Å². The summed E-state index contributed by atoms with van der Waals surface area (Å²) in [5.74, 6) is -0.550. The highest BCUT2D eigenvalue weighted by Gasteiger charge is 2.24. The smallest absolute Gasteiger partial charge is 0.187 e. The molecule has 6 nitrogen and oxygen atoms in total. The van der Waals surface area contributed by atoms with Crippen molar-refractivity contribution in [3.63, 3.8) is 0 Å². The van der Waals surface area contributed by atoms with Crippen LogP contribution in [0, 0.1) is 46.4 Å². The second-order valence-electron chi connectivity index (χ2n) is 14.3. The minimum Gasteiger partial charge on any atom is -0.308 e. The van der Waals surface area contributed by atoms with E-state index in [1.807, 2.05) is 115 Å². The maximum Gasteiger partial charge on any atom is 0.187 e. The topological polar surface area (TPSA) is 85.6 Å². The third kappa shape index (κ3) is 5.59. The van der Waals surface area contributed by atoms with Crippen molar-refractivity contribution < 1.29 is 4.39 Å². The van der Waals surface area contributed by atoms with Gasteiger partial charge in [0.25, 0.3) is 0 Å². The van der Waals surface area contributed by atoms with Crippen LogP contribution in [0.4, 0.5) is 10.1 Å². The molecule has 0 atom stereocenters. The third-order valence-corrected chi connectivity index (χ3v) is 11.1. The van der Waals surface area contributed by atoms with Gasteiger partial charge in [0.1, 0.15) is 17.4 Å². The molecule has 59 heavy (non-hydrogen) atoms. The first-order valence-corrected chi connectivity index (χ1v) is 18.8. The average molecular weight is 755 g/mol. The number of para-hydroxylation sites is 2. The lowest BCUT2D eigenvalue weighted by atomic mass is 9.98. The Morgan fingerprint density at radius 2 is 0.966 bits per heavy atom. The monoisotopic (exact) mass is 754 g/mol. The quantitative estimate of drug-likeness (QED) is 0.164. The molecular formula is C52H27FN6. The zero-order valence-corrected chi connectivity index (χ0v) is 31.1. The molecule has 8 aromatic carbocycles. The molecule has 10 rings (SSSR count). The van der Waals surface area contributed by atoms with Crippen molar-refractivity contribution in [3.05, 3.63) is 198 Å². The fraction of sp³-hybridized carbons (Fsp3) is 0. The molecule has 0 saturated heterocycles. The normalized spacial score (nSPS) is 11.1. The summed E-state index contributed by atoms with van der Waals surface area (Å²) in [6, 6.07) is 58.5. The van der Waals surface area contributed by atoms with Gasteiger partial charge in [-0.2, -0.15) is 15.8 Å². The van der Waals surface area contributed by atoms with E-state index in [4.69, 9.17) is 6.57 Å². The number of benzene rings is 8. The molecule has 2 heterocycles. The maximum atomic E-state index is 16.1. The minimum absolute atomic E-state index is 0.207. The second-order valence-corrected chi connectivity index (χ2v) is 14.3. The average Bonchev–Trinajstić information content (AvgIpc) is 3.80. The number of fused-ring (bicyclic) bond motifs is 6. The second kappa shape index (κ2) is 13.8. The summed E-state index contributed by atoms with van der Waals surface area (Å²) < 4.78 is 20.3. The fourth-order valence-corrected chi connectivity index (χ4v) is 8.40. The van der Waals surface area contributed by atoms with E-state index in [2.05, 4.69) is 50.4 Å². The largest absolute Gasteiger partial charge is 0.308 e. The highest BCUT2D eigenvalue weighted by atomic mass is 19.1. The number of nitrogens with zero attached hydrogens (tertiary/aromatic N) is 6. The Bertz CT molecular complexity index is 3380. The fourth-order valence-electron chi connectivity index (χ4n) is 8.40. The Hall–Kier alpha value is -8.75. The summed E-state index contributed by atoms with van der Waals surface area (Å²) in [5, 5.41) is 34.3. The Morgan fingerprint density at radius 1 is 0.441 bits per heavy atom. The lowest BCUT2D eigenvalue weighted by molar-refractivity contribution is 0.631. The molecule has 0 aliphatic carbocycles. The van der Waals surface area contributed by atoms with Crippen molar-refractivity contribution in [2.24, 2.45) is 0 Å². The molecule has 0 amide bonds. The van der Waals surface area contributed by atoms with E-state index < -0.39 is 5.82 Å². The SMILES string of the molecule is [C-]#[N+]c1cccc(-c2ccc3c(c2)c2ccccc2n3-c2cc(-c3ccc(C#N)cc3F)cc(-n3c4ccccc4c4cc(-c5cccc(C#N)c5)ccc43)c2C#N)c1. The van der Waals surface area contributed by atoms with Gasteiger partial charge in [-0.05, 0) is 107 Å². The van der Waals surface area contributed by atoms with Crippen molar-refractivity contribution in [1.29, 1.82) is 15.8 Å². The standard InChI is InChI=1S/C52H27FN6/c1-57-39-11-7-10-35(24-39)37-18-21-50-44(26-37)42-13-3-5-15-48(42)59(50)52-28-38(40-19-16-33(30-55)23-46(40)53)27-51(45(52)31-56)58-47-14-4-2-12-41(47)43-25-36(17-20-49(43)58)34-9-6-8-32(22-34)29-54/h2-28H. The van der Waals surface area contributed by atoms with Gasteiger partial charge in [0.05, 0.1) is 63.3 Å². The van der Waals surface area contributed by atoms with E-state index in [-0.39, 0.29) is 5.56 Å². The van der Waals surface area contributed by atoms with Crippen LogP contribution in [0.2, 0.25) is 0 Å². The van der Waals surface area contributed by atoms with Gasteiger partial charge in [0, 0.05) is 27.1 Å². The van der Waals surface area contributed by atoms with E-state index >= 15 is 4.39 Å². The highest BCUT2D eigenvalue weighted by molar-refractivity contribution is 6.12. The van der Waals surface area contributed by atoms with E-state index in [1.165, 1.54) is 6.07 Å². The molecule has 0 spiro atoms. The molecule has 2 aromatic heterocycles. The van der Waals surface area contributed by atoms with Crippen LogP contribution < -0.4 is 0 Å². The maximum absolute atomic E-state index is 16.1. The van der Waals surface area contributed by atoms with Gasteiger partial charge >= 0.3 is 0 Å². The predicted octanol–water partition coefficient (Wildman–Crippen LogP) is 13.2.